The van der Waals surface area contributed by atoms with Gasteiger partial charge in [0.2, 0.25) is 5.91 Å². The molecule has 0 spiro atoms. The van der Waals surface area contributed by atoms with Gasteiger partial charge in [-0.25, -0.2) is 15.1 Å². The van der Waals surface area contributed by atoms with Crippen LogP contribution in [0, 0.1) is 5.92 Å². The van der Waals surface area contributed by atoms with Crippen LogP contribution in [-0.4, -0.2) is 57.8 Å². The summed E-state index contributed by atoms with van der Waals surface area (Å²) in [7, 11) is 2.11. The number of hydrazine groups is 1. The molecule has 2 aliphatic rings. The predicted octanol–water partition coefficient (Wildman–Crippen LogP) is -0.320. The van der Waals surface area contributed by atoms with Gasteiger partial charge in [0.15, 0.2) is 0 Å². The number of aromatic nitrogens is 3. The average Bonchev–Trinajstić information content (AvgIpc) is 3.29. The number of nitrogens with zero attached hydrogens (tertiary/aromatic N) is 4. The zero-order valence-electron chi connectivity index (χ0n) is 14.2. The molecular weight excluding hydrogens is 318 g/mol. The maximum absolute atomic E-state index is 12.7. The maximum atomic E-state index is 12.7. The zero-order chi connectivity index (χ0) is 17.2. The van der Waals surface area contributed by atoms with E-state index >= 15 is 0 Å². The summed E-state index contributed by atoms with van der Waals surface area (Å²) < 4.78 is 1.71. The fraction of sp³-hybridized carbons (Fsp3) is 0.471. The van der Waals surface area contributed by atoms with Gasteiger partial charge in [0.1, 0.15) is 18.7 Å². The van der Waals surface area contributed by atoms with Crippen LogP contribution in [0.15, 0.2) is 36.9 Å². The minimum Gasteiger partial charge on any atom is -0.351 e. The zero-order valence-corrected chi connectivity index (χ0v) is 14.2. The lowest BCUT2D eigenvalue weighted by atomic mass is 9.88. The molecule has 2 aliphatic heterocycles. The molecule has 2 fully saturated rings. The first-order chi connectivity index (χ1) is 12.2. The van der Waals surface area contributed by atoms with Crippen LogP contribution in [0.2, 0.25) is 0 Å². The van der Waals surface area contributed by atoms with Crippen LogP contribution in [0.1, 0.15) is 12.0 Å². The van der Waals surface area contributed by atoms with Crippen molar-refractivity contribution >= 4 is 5.91 Å². The number of amides is 1. The lowest BCUT2D eigenvalue weighted by Crippen LogP contribution is -2.49. The Bertz CT molecular complexity index is 732. The molecule has 1 aromatic carbocycles. The van der Waals surface area contributed by atoms with E-state index in [2.05, 4.69) is 38.2 Å². The molecule has 3 unspecified atom stereocenters. The van der Waals surface area contributed by atoms with Gasteiger partial charge in [-0.15, -0.1) is 0 Å². The third-order valence-electron chi connectivity index (χ3n) is 5.11. The van der Waals surface area contributed by atoms with Crippen LogP contribution in [-0.2, 0) is 11.3 Å². The van der Waals surface area contributed by atoms with Gasteiger partial charge in [-0.05, 0) is 31.6 Å². The van der Waals surface area contributed by atoms with Gasteiger partial charge in [0.25, 0.3) is 0 Å². The van der Waals surface area contributed by atoms with Crippen LogP contribution in [0.3, 0.4) is 0 Å². The minimum absolute atomic E-state index is 0.0312. The second kappa shape index (κ2) is 6.91. The van der Waals surface area contributed by atoms with E-state index in [1.165, 1.54) is 6.33 Å². The molecular formula is C17H23N7O. The molecule has 4 rings (SSSR count). The molecule has 0 radical (unpaired) electrons. The number of rotatable bonds is 4. The molecule has 25 heavy (non-hydrogen) atoms. The molecule has 0 bridgehead atoms. The van der Waals surface area contributed by atoms with Gasteiger partial charge in [-0.1, -0.05) is 18.2 Å². The minimum atomic E-state index is -0.203. The largest absolute Gasteiger partial charge is 0.351 e. The van der Waals surface area contributed by atoms with Crippen LogP contribution in [0.4, 0.5) is 0 Å². The summed E-state index contributed by atoms with van der Waals surface area (Å²) in [6, 6.07) is 8.05. The molecule has 2 aromatic rings. The van der Waals surface area contributed by atoms with Crippen molar-refractivity contribution in [2.75, 3.05) is 20.1 Å². The number of likely N-dealkylation sites (tertiary alicyclic amines) is 1. The molecule has 2 saturated heterocycles. The molecule has 1 amide bonds. The summed E-state index contributed by atoms with van der Waals surface area (Å²) in [5.74, 6) is 0.327. The third-order valence-corrected chi connectivity index (χ3v) is 5.11. The molecule has 8 nitrogen and oxygen atoms in total. The van der Waals surface area contributed by atoms with Crippen molar-refractivity contribution in [1.82, 2.24) is 35.8 Å². The fourth-order valence-electron chi connectivity index (χ4n) is 3.74. The topological polar surface area (TPSA) is 87.1 Å². The molecule has 3 heterocycles. The Labute approximate surface area is 146 Å². The van der Waals surface area contributed by atoms with E-state index < -0.39 is 0 Å². The number of carbonyl (C=O) groups is 1. The first-order valence-corrected chi connectivity index (χ1v) is 8.62. The second-order valence-electron chi connectivity index (χ2n) is 6.77. The first-order valence-electron chi connectivity index (χ1n) is 8.62. The van der Waals surface area contributed by atoms with E-state index in [-0.39, 0.29) is 11.9 Å². The van der Waals surface area contributed by atoms with Crippen molar-refractivity contribution in [2.24, 2.45) is 5.92 Å². The summed E-state index contributed by atoms with van der Waals surface area (Å²) >= 11 is 0. The highest BCUT2D eigenvalue weighted by molar-refractivity contribution is 5.82. The van der Waals surface area contributed by atoms with Gasteiger partial charge in [-0.2, -0.15) is 5.10 Å². The average molecular weight is 341 g/mol. The number of piperidine rings is 1. The Morgan fingerprint density at radius 2 is 2.24 bits per heavy atom. The van der Waals surface area contributed by atoms with Gasteiger partial charge < -0.3 is 10.2 Å². The summed E-state index contributed by atoms with van der Waals surface area (Å²) in [6.45, 7) is 2.45. The van der Waals surface area contributed by atoms with E-state index in [1.54, 1.807) is 11.0 Å². The monoisotopic (exact) mass is 341 g/mol. The van der Waals surface area contributed by atoms with Crippen LogP contribution < -0.4 is 16.2 Å². The summed E-state index contributed by atoms with van der Waals surface area (Å²) in [6.07, 6.45) is 4.22. The van der Waals surface area contributed by atoms with Crippen molar-refractivity contribution in [1.29, 1.82) is 0 Å². The molecule has 1 aromatic heterocycles. The van der Waals surface area contributed by atoms with E-state index in [0.29, 0.717) is 18.5 Å². The van der Waals surface area contributed by atoms with Crippen LogP contribution in [0.5, 0.6) is 0 Å². The molecule has 3 atom stereocenters. The molecule has 0 saturated carbocycles. The van der Waals surface area contributed by atoms with Gasteiger partial charge in [-0.3, -0.25) is 10.2 Å². The quantitative estimate of drug-likeness (QED) is 0.707. The molecule has 132 valence electrons. The van der Waals surface area contributed by atoms with Crippen molar-refractivity contribution in [3.8, 4) is 5.69 Å². The Hall–Kier alpha value is -2.29. The Balaban J connectivity index is 1.43. The highest BCUT2D eigenvalue weighted by atomic mass is 16.2. The number of hydrogen-bond donors (Lipinski definition) is 3. The fourth-order valence-corrected chi connectivity index (χ4v) is 3.74. The highest BCUT2D eigenvalue weighted by Crippen LogP contribution is 2.23. The second-order valence-corrected chi connectivity index (χ2v) is 6.77. The summed E-state index contributed by atoms with van der Waals surface area (Å²) in [4.78, 5) is 19.0. The van der Waals surface area contributed by atoms with Gasteiger partial charge >= 0.3 is 0 Å². The van der Waals surface area contributed by atoms with Crippen molar-refractivity contribution in [3.63, 3.8) is 0 Å². The van der Waals surface area contributed by atoms with E-state index in [1.807, 2.05) is 24.3 Å². The first kappa shape index (κ1) is 16.2. The van der Waals surface area contributed by atoms with Crippen molar-refractivity contribution in [2.45, 2.75) is 25.0 Å². The lowest BCUT2D eigenvalue weighted by molar-refractivity contribution is -0.124. The van der Waals surface area contributed by atoms with Gasteiger partial charge in [0.05, 0.1) is 5.69 Å². The number of nitrogens with one attached hydrogen (secondary N) is 3. The standard InChI is InChI=1S/C17H23N7O/c1-23-7-6-14-13(9-23)16(22-21-14)17(25)19-8-12-4-2-3-5-15(12)24-11-18-10-20-24/h2-5,10-11,13-14,16,21-22H,6-9H2,1H3,(H,19,25). The number of hydrogen-bond acceptors (Lipinski definition) is 6. The Morgan fingerprint density at radius 1 is 1.36 bits per heavy atom. The van der Waals surface area contributed by atoms with E-state index in [9.17, 15) is 4.79 Å². The van der Waals surface area contributed by atoms with Crippen LogP contribution in [0.25, 0.3) is 5.69 Å². The third kappa shape index (κ3) is 3.28. The summed E-state index contributed by atoms with van der Waals surface area (Å²) in [5.41, 5.74) is 8.39. The predicted molar refractivity (Wildman–Crippen MR) is 92.7 cm³/mol. The number of benzene rings is 1. The van der Waals surface area contributed by atoms with E-state index in [0.717, 1.165) is 30.8 Å². The summed E-state index contributed by atoms with van der Waals surface area (Å²) in [5, 5.41) is 7.25. The van der Waals surface area contributed by atoms with Gasteiger partial charge in [0, 0.05) is 25.0 Å². The Kier molecular flexibility index (Phi) is 4.48. The number of carbonyl (C=O) groups excluding carboxylic acids is 1. The van der Waals surface area contributed by atoms with Crippen molar-refractivity contribution in [3.05, 3.63) is 42.5 Å². The van der Waals surface area contributed by atoms with Crippen LogP contribution >= 0.6 is 0 Å². The highest BCUT2D eigenvalue weighted by Gasteiger charge is 2.42. The molecule has 0 aliphatic carbocycles. The lowest BCUT2D eigenvalue weighted by Gasteiger charge is -2.33. The van der Waals surface area contributed by atoms with E-state index in [4.69, 9.17) is 0 Å². The van der Waals surface area contributed by atoms with Crippen molar-refractivity contribution < 1.29 is 4.79 Å². The molecule has 3 N–H and O–H groups in total. The SMILES string of the molecule is CN1CCC2NNC(C(=O)NCc3ccccc3-n3cncn3)C2C1. The smallest absolute Gasteiger partial charge is 0.239 e. The Morgan fingerprint density at radius 3 is 3.08 bits per heavy atom. The maximum Gasteiger partial charge on any atom is 0.239 e. The molecule has 8 heteroatoms. The normalized spacial score (nSPS) is 26.4. The number of fused-ring (bicyclic) bond motifs is 1. The number of para-hydroxylation sites is 1.